The first-order valence-electron chi connectivity index (χ1n) is 6.83. The van der Waals surface area contributed by atoms with Gasteiger partial charge in [-0.05, 0) is 38.2 Å². The zero-order valence-electron chi connectivity index (χ0n) is 11.5. The van der Waals surface area contributed by atoms with Crippen LogP contribution in [0.3, 0.4) is 0 Å². The highest BCUT2D eigenvalue weighted by Gasteiger charge is 2.35. The number of hydrogen-bond donors (Lipinski definition) is 0. The summed E-state index contributed by atoms with van der Waals surface area (Å²) in [6.07, 6.45) is 7.61. The molecule has 0 aliphatic heterocycles. The van der Waals surface area contributed by atoms with E-state index in [0.717, 1.165) is 5.92 Å². The monoisotopic (exact) mass is 250 g/mol. The highest BCUT2D eigenvalue weighted by Crippen LogP contribution is 2.35. The van der Waals surface area contributed by atoms with Crippen molar-refractivity contribution in [1.82, 2.24) is 0 Å². The van der Waals surface area contributed by atoms with Crippen LogP contribution in [0.15, 0.2) is 17.2 Å². The Morgan fingerprint density at radius 2 is 2.12 bits per heavy atom. The van der Waals surface area contributed by atoms with E-state index >= 15 is 0 Å². The molecule has 0 saturated carbocycles. The third-order valence-corrected chi connectivity index (χ3v) is 5.22. The van der Waals surface area contributed by atoms with E-state index in [-0.39, 0.29) is 0 Å². The van der Waals surface area contributed by atoms with Gasteiger partial charge >= 0.3 is 0 Å². The fourth-order valence-electron chi connectivity index (χ4n) is 3.01. The van der Waals surface area contributed by atoms with Gasteiger partial charge in [0.1, 0.15) is 0 Å². The normalized spacial score (nSPS) is 24.8. The molecule has 1 heterocycles. The fourth-order valence-corrected chi connectivity index (χ4v) is 3.84. The van der Waals surface area contributed by atoms with Crippen molar-refractivity contribution < 1.29 is 4.57 Å². The average molecular weight is 250 g/mol. The van der Waals surface area contributed by atoms with Crippen LogP contribution in [0.2, 0.25) is 0 Å². The first-order valence-corrected chi connectivity index (χ1v) is 7.71. The number of aromatic nitrogens is 1. The molecule has 0 amide bonds. The maximum Gasteiger partial charge on any atom is 0.225 e. The molecule has 2 rings (SSSR count). The van der Waals surface area contributed by atoms with Gasteiger partial charge in [0.05, 0.1) is 4.88 Å². The largest absolute Gasteiger partial charge is 0.225 e. The van der Waals surface area contributed by atoms with Crippen molar-refractivity contribution in [3.05, 3.63) is 27.7 Å². The molecule has 0 fully saturated rings. The molecule has 1 aromatic rings. The summed E-state index contributed by atoms with van der Waals surface area (Å²) in [6.45, 7) is 9.13. The molecule has 0 saturated heterocycles. The van der Waals surface area contributed by atoms with Crippen molar-refractivity contribution in [2.75, 3.05) is 0 Å². The molecule has 17 heavy (non-hydrogen) atoms. The maximum atomic E-state index is 2.53. The van der Waals surface area contributed by atoms with Crippen LogP contribution in [0, 0.1) is 19.8 Å². The summed E-state index contributed by atoms with van der Waals surface area (Å²) in [7, 11) is 0. The van der Waals surface area contributed by atoms with Crippen molar-refractivity contribution in [1.29, 1.82) is 0 Å². The second-order valence-electron chi connectivity index (χ2n) is 5.10. The molecule has 1 aliphatic rings. The van der Waals surface area contributed by atoms with Gasteiger partial charge in [0.15, 0.2) is 11.7 Å². The van der Waals surface area contributed by atoms with E-state index in [1.165, 1.54) is 36.3 Å². The van der Waals surface area contributed by atoms with E-state index in [4.69, 9.17) is 0 Å². The Morgan fingerprint density at radius 3 is 2.65 bits per heavy atom. The van der Waals surface area contributed by atoms with Crippen LogP contribution in [0.25, 0.3) is 0 Å². The molecule has 0 N–H and O–H groups in total. The van der Waals surface area contributed by atoms with Crippen molar-refractivity contribution in [3.8, 4) is 0 Å². The Balaban J connectivity index is 2.41. The molecular formula is C15H24NS+. The lowest BCUT2D eigenvalue weighted by atomic mass is 9.81. The molecule has 94 valence electrons. The Kier molecular flexibility index (Phi) is 4.03. The molecule has 1 aliphatic carbocycles. The second kappa shape index (κ2) is 5.34. The summed E-state index contributed by atoms with van der Waals surface area (Å²) in [5.41, 5.74) is 5.43. The number of nitrogens with zero attached hydrogens (tertiary/aromatic N) is 1. The minimum absolute atomic E-state index is 0.628. The molecule has 1 unspecified atom stereocenters. The SMILES string of the molecule is CCC1=CCCC(CC)[C@H]1[n+]1csc(C)c1C. The minimum atomic E-state index is 0.628. The van der Waals surface area contributed by atoms with Crippen LogP contribution in [-0.4, -0.2) is 0 Å². The minimum Gasteiger partial charge on any atom is -0.186 e. The number of aryl methyl sites for hydroxylation is 1. The maximum absolute atomic E-state index is 2.53. The van der Waals surface area contributed by atoms with Crippen LogP contribution >= 0.6 is 11.3 Å². The average Bonchev–Trinajstić information content (AvgIpc) is 2.69. The molecule has 0 bridgehead atoms. The quantitative estimate of drug-likeness (QED) is 0.554. The van der Waals surface area contributed by atoms with Gasteiger partial charge in [0.2, 0.25) is 5.51 Å². The van der Waals surface area contributed by atoms with Gasteiger partial charge in [-0.15, -0.1) is 0 Å². The van der Waals surface area contributed by atoms with Gasteiger partial charge in [-0.25, -0.2) is 0 Å². The number of allylic oxidation sites excluding steroid dienone is 2. The fraction of sp³-hybridized carbons (Fsp3) is 0.667. The van der Waals surface area contributed by atoms with E-state index in [2.05, 4.69) is 43.8 Å². The smallest absolute Gasteiger partial charge is 0.186 e. The van der Waals surface area contributed by atoms with Gasteiger partial charge in [0.25, 0.3) is 0 Å². The van der Waals surface area contributed by atoms with E-state index in [1.54, 1.807) is 5.57 Å². The van der Waals surface area contributed by atoms with E-state index in [0.29, 0.717) is 6.04 Å². The highest BCUT2D eigenvalue weighted by molar-refractivity contribution is 7.09. The lowest BCUT2D eigenvalue weighted by Gasteiger charge is -2.27. The van der Waals surface area contributed by atoms with Crippen molar-refractivity contribution in [3.63, 3.8) is 0 Å². The van der Waals surface area contributed by atoms with Crippen LogP contribution in [0.1, 0.15) is 56.1 Å². The van der Waals surface area contributed by atoms with Crippen LogP contribution in [-0.2, 0) is 0 Å². The highest BCUT2D eigenvalue weighted by atomic mass is 32.1. The Hall–Kier alpha value is -0.630. The zero-order chi connectivity index (χ0) is 12.4. The van der Waals surface area contributed by atoms with Gasteiger partial charge in [-0.3, -0.25) is 0 Å². The number of thiazole rings is 1. The Labute approximate surface area is 109 Å². The summed E-state index contributed by atoms with van der Waals surface area (Å²) in [6, 6.07) is 0.628. The van der Waals surface area contributed by atoms with E-state index in [9.17, 15) is 0 Å². The topological polar surface area (TPSA) is 3.88 Å². The van der Waals surface area contributed by atoms with E-state index in [1.807, 2.05) is 11.3 Å². The van der Waals surface area contributed by atoms with Gasteiger partial charge in [0, 0.05) is 12.8 Å². The number of rotatable bonds is 3. The first-order chi connectivity index (χ1) is 8.19. The molecule has 2 atom stereocenters. The third kappa shape index (κ3) is 2.33. The summed E-state index contributed by atoms with van der Waals surface area (Å²) >= 11 is 1.89. The summed E-state index contributed by atoms with van der Waals surface area (Å²) in [5, 5.41) is 0. The van der Waals surface area contributed by atoms with Crippen molar-refractivity contribution >= 4 is 11.3 Å². The lowest BCUT2D eigenvalue weighted by Crippen LogP contribution is -2.46. The molecule has 0 spiro atoms. The van der Waals surface area contributed by atoms with Gasteiger partial charge in [-0.1, -0.05) is 31.3 Å². The summed E-state index contributed by atoms with van der Waals surface area (Å²) in [5.74, 6) is 0.827. The molecule has 2 heteroatoms. The molecule has 0 aromatic carbocycles. The van der Waals surface area contributed by atoms with Crippen LogP contribution in [0.5, 0.6) is 0 Å². The summed E-state index contributed by atoms with van der Waals surface area (Å²) < 4.78 is 2.53. The first kappa shape index (κ1) is 12.8. The van der Waals surface area contributed by atoms with Gasteiger partial charge < -0.3 is 0 Å². The predicted molar refractivity (Wildman–Crippen MR) is 74.4 cm³/mol. The molecule has 0 radical (unpaired) electrons. The zero-order valence-corrected chi connectivity index (χ0v) is 12.3. The lowest BCUT2D eigenvalue weighted by molar-refractivity contribution is -0.723. The molecular weight excluding hydrogens is 226 g/mol. The second-order valence-corrected chi connectivity index (χ2v) is 6.15. The summed E-state index contributed by atoms with van der Waals surface area (Å²) in [4.78, 5) is 1.46. The van der Waals surface area contributed by atoms with Crippen LogP contribution < -0.4 is 4.57 Å². The van der Waals surface area contributed by atoms with Crippen molar-refractivity contribution in [2.24, 2.45) is 5.92 Å². The Morgan fingerprint density at radius 1 is 1.35 bits per heavy atom. The van der Waals surface area contributed by atoms with Crippen LogP contribution in [0.4, 0.5) is 0 Å². The van der Waals surface area contributed by atoms with Crippen molar-refractivity contribution in [2.45, 2.75) is 59.4 Å². The molecule has 1 nitrogen and oxygen atoms in total. The standard InChI is InChI=1S/C15H24NS/c1-5-13-8-7-9-14(6-2)15(13)16-10-17-12(4)11(16)3/h8,10,14-15H,5-7,9H2,1-4H3/q+1/t14?,15-/m0/s1. The third-order valence-electron chi connectivity index (χ3n) is 4.24. The number of hydrogen-bond acceptors (Lipinski definition) is 1. The predicted octanol–water partition coefficient (Wildman–Crippen LogP) is 4.35. The Bertz CT molecular complexity index is 417. The van der Waals surface area contributed by atoms with E-state index < -0.39 is 0 Å². The van der Waals surface area contributed by atoms with Gasteiger partial charge in [-0.2, -0.15) is 4.57 Å². The molecule has 1 aromatic heterocycles.